The Hall–Kier alpha value is -1.76. The van der Waals surface area contributed by atoms with E-state index >= 15 is 0 Å². The summed E-state index contributed by atoms with van der Waals surface area (Å²) in [5.74, 6) is -0.530. The Morgan fingerprint density at radius 2 is 2.28 bits per heavy atom. The first-order chi connectivity index (χ1) is 8.45. The van der Waals surface area contributed by atoms with Gasteiger partial charge in [-0.05, 0) is 19.2 Å². The quantitative estimate of drug-likeness (QED) is 0.289. The second-order valence-corrected chi connectivity index (χ2v) is 4.71. The second kappa shape index (κ2) is 6.25. The van der Waals surface area contributed by atoms with Crippen molar-refractivity contribution in [2.75, 3.05) is 12.0 Å². The average molecular weight is 270 g/mol. The molecule has 1 unspecified atom stereocenters. The maximum absolute atomic E-state index is 11.6. The number of ether oxygens (including phenoxy) is 1. The number of anilines is 1. The van der Waals surface area contributed by atoms with E-state index in [0.29, 0.717) is 0 Å². The lowest BCUT2D eigenvalue weighted by Gasteiger charge is -2.11. The summed E-state index contributed by atoms with van der Waals surface area (Å²) in [5, 5.41) is 10.8. The molecule has 0 radical (unpaired) electrons. The van der Waals surface area contributed by atoms with Gasteiger partial charge in [0.2, 0.25) is 0 Å². The lowest BCUT2D eigenvalue weighted by Crippen LogP contribution is -2.15. The first kappa shape index (κ1) is 14.3. The van der Waals surface area contributed by atoms with Crippen LogP contribution in [-0.2, 0) is 16.0 Å². The number of thioether (sulfide) groups is 1. The van der Waals surface area contributed by atoms with E-state index < -0.39 is 10.9 Å². The van der Waals surface area contributed by atoms with Crippen LogP contribution in [0.5, 0.6) is 0 Å². The fourth-order valence-corrected chi connectivity index (χ4v) is 1.58. The van der Waals surface area contributed by atoms with Gasteiger partial charge in [-0.3, -0.25) is 14.9 Å². The molecule has 18 heavy (non-hydrogen) atoms. The first-order valence-electron chi connectivity index (χ1n) is 5.19. The molecule has 0 heterocycles. The van der Waals surface area contributed by atoms with Crippen LogP contribution in [0.25, 0.3) is 0 Å². The fraction of sp³-hybridized carbons (Fsp3) is 0.364. The number of nitrogens with zero attached hydrogens (tertiary/aromatic N) is 1. The molecule has 0 saturated heterocycles. The van der Waals surface area contributed by atoms with Crippen molar-refractivity contribution in [1.82, 2.24) is 0 Å². The largest absolute Gasteiger partial charge is 0.451 e. The van der Waals surface area contributed by atoms with E-state index in [-0.39, 0.29) is 28.8 Å². The molecule has 1 aromatic carbocycles. The van der Waals surface area contributed by atoms with Crippen LogP contribution in [0.2, 0.25) is 0 Å². The minimum Gasteiger partial charge on any atom is -0.451 e. The summed E-state index contributed by atoms with van der Waals surface area (Å²) >= 11 is 1.37. The Labute approximate surface area is 109 Å². The summed E-state index contributed by atoms with van der Waals surface area (Å²) in [5.41, 5.74) is 5.62. The molecule has 2 N–H and O–H groups in total. The van der Waals surface area contributed by atoms with Crippen molar-refractivity contribution in [3.05, 3.63) is 33.9 Å². The van der Waals surface area contributed by atoms with E-state index in [1.165, 1.54) is 30.0 Å². The van der Waals surface area contributed by atoms with Crippen molar-refractivity contribution in [3.63, 3.8) is 0 Å². The van der Waals surface area contributed by atoms with Gasteiger partial charge in [0.25, 0.3) is 5.69 Å². The van der Waals surface area contributed by atoms with Gasteiger partial charge in [0.15, 0.2) is 0 Å². The molecule has 0 aliphatic heterocycles. The molecule has 0 saturated carbocycles. The highest BCUT2D eigenvalue weighted by Crippen LogP contribution is 2.25. The summed E-state index contributed by atoms with van der Waals surface area (Å²) < 4.78 is 5.04. The lowest BCUT2D eigenvalue weighted by atomic mass is 10.1. The van der Waals surface area contributed by atoms with Crippen molar-refractivity contribution in [1.29, 1.82) is 0 Å². The maximum Gasteiger partial charge on any atom is 0.311 e. The summed E-state index contributed by atoms with van der Waals surface area (Å²) in [6.07, 6.45) is 1.60. The van der Waals surface area contributed by atoms with Crippen LogP contribution in [0.15, 0.2) is 18.2 Å². The van der Waals surface area contributed by atoms with Crippen molar-refractivity contribution < 1.29 is 14.5 Å². The highest BCUT2D eigenvalue weighted by Gasteiger charge is 2.20. The van der Waals surface area contributed by atoms with Crippen LogP contribution in [0.4, 0.5) is 11.4 Å². The number of nitro benzene ring substituents is 1. The summed E-state index contributed by atoms with van der Waals surface area (Å²) in [6, 6.07) is 4.32. The summed E-state index contributed by atoms with van der Waals surface area (Å²) in [6.45, 7) is 1.73. The van der Waals surface area contributed by atoms with Gasteiger partial charge in [0.1, 0.15) is 5.44 Å². The number of hydrogen-bond donors (Lipinski definition) is 1. The van der Waals surface area contributed by atoms with Gasteiger partial charge >= 0.3 is 5.97 Å². The number of carbonyl (C=O) groups is 1. The molecule has 1 rings (SSSR count). The molecule has 0 fully saturated rings. The van der Waals surface area contributed by atoms with Gasteiger partial charge < -0.3 is 10.5 Å². The molecule has 98 valence electrons. The molecule has 0 aliphatic carbocycles. The third-order valence-corrected chi connectivity index (χ3v) is 3.09. The predicted molar refractivity (Wildman–Crippen MR) is 70.3 cm³/mol. The Balaban J connectivity index is 2.90. The van der Waals surface area contributed by atoms with E-state index in [4.69, 9.17) is 10.5 Å². The van der Waals surface area contributed by atoms with E-state index in [9.17, 15) is 14.9 Å². The number of hydrogen-bond acceptors (Lipinski definition) is 6. The Kier molecular flexibility index (Phi) is 4.96. The van der Waals surface area contributed by atoms with Crippen molar-refractivity contribution in [2.45, 2.75) is 18.8 Å². The maximum atomic E-state index is 11.6. The molecule has 1 aromatic rings. The lowest BCUT2D eigenvalue weighted by molar-refractivity contribution is -0.385. The number of benzene rings is 1. The standard InChI is InChI=1S/C11H14N2O4S/c1-7(18-2)17-11(14)6-8-9(12)4-3-5-10(8)13(15)16/h3-5,7H,6,12H2,1-2H3. The number of rotatable bonds is 5. The average Bonchev–Trinajstić information content (AvgIpc) is 2.31. The van der Waals surface area contributed by atoms with E-state index in [1.807, 2.05) is 0 Å². The minimum absolute atomic E-state index is 0.163. The molecule has 6 nitrogen and oxygen atoms in total. The van der Waals surface area contributed by atoms with Gasteiger partial charge in [0, 0.05) is 11.8 Å². The van der Waals surface area contributed by atoms with Crippen LogP contribution in [0, 0.1) is 10.1 Å². The molecular formula is C11H14N2O4S. The van der Waals surface area contributed by atoms with Gasteiger partial charge in [0.05, 0.1) is 16.9 Å². The number of esters is 1. The van der Waals surface area contributed by atoms with Gasteiger partial charge in [-0.25, -0.2) is 0 Å². The van der Waals surface area contributed by atoms with E-state index in [1.54, 1.807) is 13.2 Å². The molecule has 0 amide bonds. The highest BCUT2D eigenvalue weighted by atomic mass is 32.2. The Bertz CT molecular complexity index is 464. The van der Waals surface area contributed by atoms with Crippen molar-refractivity contribution >= 4 is 29.1 Å². The third-order valence-electron chi connectivity index (χ3n) is 2.33. The monoisotopic (exact) mass is 270 g/mol. The van der Waals surface area contributed by atoms with Crippen LogP contribution in [-0.4, -0.2) is 22.6 Å². The number of carbonyl (C=O) groups excluding carboxylic acids is 1. The Morgan fingerprint density at radius 1 is 1.61 bits per heavy atom. The predicted octanol–water partition coefficient (Wildman–Crippen LogP) is 1.97. The molecule has 1 atom stereocenters. The smallest absolute Gasteiger partial charge is 0.311 e. The van der Waals surface area contributed by atoms with Crippen molar-refractivity contribution in [3.8, 4) is 0 Å². The van der Waals surface area contributed by atoms with E-state index in [0.717, 1.165) is 0 Å². The molecule has 0 bridgehead atoms. The van der Waals surface area contributed by atoms with Crippen LogP contribution >= 0.6 is 11.8 Å². The number of nitrogen functional groups attached to an aromatic ring is 1. The zero-order chi connectivity index (χ0) is 13.7. The number of nitro groups is 1. The van der Waals surface area contributed by atoms with Gasteiger partial charge in [-0.2, -0.15) is 0 Å². The summed E-state index contributed by atoms with van der Waals surface area (Å²) in [4.78, 5) is 21.9. The topological polar surface area (TPSA) is 95.5 Å². The van der Waals surface area contributed by atoms with Crippen LogP contribution in [0.1, 0.15) is 12.5 Å². The van der Waals surface area contributed by atoms with E-state index in [2.05, 4.69) is 0 Å². The molecule has 0 spiro atoms. The van der Waals surface area contributed by atoms with Gasteiger partial charge in [-0.1, -0.05) is 6.07 Å². The zero-order valence-corrected chi connectivity index (χ0v) is 10.9. The molecule has 7 heteroatoms. The molecular weight excluding hydrogens is 256 g/mol. The Morgan fingerprint density at radius 3 is 2.83 bits per heavy atom. The zero-order valence-electron chi connectivity index (χ0n) is 10.1. The fourth-order valence-electron chi connectivity index (χ4n) is 1.37. The summed E-state index contributed by atoms with van der Waals surface area (Å²) in [7, 11) is 0. The van der Waals surface area contributed by atoms with Crippen LogP contribution < -0.4 is 5.73 Å². The second-order valence-electron chi connectivity index (χ2n) is 3.57. The van der Waals surface area contributed by atoms with Gasteiger partial charge in [-0.15, -0.1) is 11.8 Å². The SMILES string of the molecule is CSC(C)OC(=O)Cc1c(N)cccc1[N+](=O)[O-]. The highest BCUT2D eigenvalue weighted by molar-refractivity contribution is 7.99. The minimum atomic E-state index is -0.559. The third kappa shape index (κ3) is 3.63. The number of nitrogens with two attached hydrogens (primary N) is 1. The first-order valence-corrected chi connectivity index (χ1v) is 6.48. The van der Waals surface area contributed by atoms with Crippen LogP contribution in [0.3, 0.4) is 0 Å². The molecule has 0 aliphatic rings. The molecule has 0 aromatic heterocycles. The van der Waals surface area contributed by atoms with Crippen molar-refractivity contribution in [2.24, 2.45) is 0 Å². The normalized spacial score (nSPS) is 11.9.